The lowest BCUT2D eigenvalue weighted by atomic mass is 10.1. The molecule has 1 saturated heterocycles. The number of benzene rings is 1. The van der Waals surface area contributed by atoms with Gasteiger partial charge in [0.15, 0.2) is 0 Å². The standard InChI is InChI=1S/C18H27N3O2/c1-3-22-17-7-6-16(18(14-17)23-4-2)15-21-12-10-20(11-13-21)9-5-8-19/h6-7,14H,3-5,9-13,15H2,1-2H3. The van der Waals surface area contributed by atoms with E-state index in [1.807, 2.05) is 26.0 Å². The van der Waals surface area contributed by atoms with Crippen molar-refractivity contribution in [2.75, 3.05) is 45.9 Å². The number of piperazine rings is 1. The van der Waals surface area contributed by atoms with E-state index >= 15 is 0 Å². The number of rotatable bonds is 8. The second-order valence-electron chi connectivity index (χ2n) is 5.66. The topological polar surface area (TPSA) is 48.7 Å². The molecule has 126 valence electrons. The van der Waals surface area contributed by atoms with Crippen LogP contribution in [0.25, 0.3) is 0 Å². The van der Waals surface area contributed by atoms with Crippen LogP contribution < -0.4 is 9.47 Å². The Balaban J connectivity index is 1.93. The van der Waals surface area contributed by atoms with Crippen molar-refractivity contribution in [3.63, 3.8) is 0 Å². The fourth-order valence-electron chi connectivity index (χ4n) is 2.83. The summed E-state index contributed by atoms with van der Waals surface area (Å²) in [7, 11) is 0. The number of ether oxygens (including phenoxy) is 2. The van der Waals surface area contributed by atoms with E-state index in [-0.39, 0.29) is 0 Å². The molecule has 0 aromatic heterocycles. The monoisotopic (exact) mass is 317 g/mol. The Hall–Kier alpha value is -1.77. The van der Waals surface area contributed by atoms with Gasteiger partial charge in [-0.2, -0.15) is 5.26 Å². The highest BCUT2D eigenvalue weighted by Gasteiger charge is 2.18. The minimum absolute atomic E-state index is 0.618. The summed E-state index contributed by atoms with van der Waals surface area (Å²) in [6.45, 7) is 11.2. The van der Waals surface area contributed by atoms with Crippen LogP contribution in [0.1, 0.15) is 25.8 Å². The van der Waals surface area contributed by atoms with E-state index in [1.54, 1.807) is 0 Å². The van der Waals surface area contributed by atoms with Crippen LogP contribution in [0.3, 0.4) is 0 Å². The Morgan fingerprint density at radius 1 is 1.04 bits per heavy atom. The minimum atomic E-state index is 0.618. The first-order valence-corrected chi connectivity index (χ1v) is 8.47. The molecule has 5 nitrogen and oxygen atoms in total. The van der Waals surface area contributed by atoms with Crippen LogP contribution in [0.15, 0.2) is 18.2 Å². The number of nitriles is 1. The summed E-state index contributed by atoms with van der Waals surface area (Å²) >= 11 is 0. The molecular formula is C18H27N3O2. The third-order valence-corrected chi connectivity index (χ3v) is 4.05. The van der Waals surface area contributed by atoms with Gasteiger partial charge < -0.3 is 9.47 Å². The second kappa shape index (κ2) is 9.39. The van der Waals surface area contributed by atoms with E-state index in [0.717, 1.165) is 50.8 Å². The summed E-state index contributed by atoms with van der Waals surface area (Å²) in [5, 5.41) is 8.67. The normalized spacial score (nSPS) is 16.0. The molecule has 1 aliphatic rings. The van der Waals surface area contributed by atoms with Crippen LogP contribution >= 0.6 is 0 Å². The lowest BCUT2D eigenvalue weighted by Crippen LogP contribution is -2.46. The minimum Gasteiger partial charge on any atom is -0.494 e. The zero-order chi connectivity index (χ0) is 16.5. The lowest BCUT2D eigenvalue weighted by molar-refractivity contribution is 0.128. The SMILES string of the molecule is CCOc1ccc(CN2CCN(CCC#N)CC2)c(OCC)c1. The Morgan fingerprint density at radius 2 is 1.74 bits per heavy atom. The third-order valence-electron chi connectivity index (χ3n) is 4.05. The van der Waals surface area contributed by atoms with E-state index in [0.29, 0.717) is 19.6 Å². The van der Waals surface area contributed by atoms with Gasteiger partial charge >= 0.3 is 0 Å². The van der Waals surface area contributed by atoms with Crippen LogP contribution in [-0.4, -0.2) is 55.7 Å². The molecule has 1 aromatic carbocycles. The Bertz CT molecular complexity index is 519. The molecule has 23 heavy (non-hydrogen) atoms. The maximum atomic E-state index is 8.67. The first kappa shape index (κ1) is 17.6. The molecule has 0 bridgehead atoms. The predicted octanol–water partition coefficient (Wildman–Crippen LogP) is 2.52. The summed E-state index contributed by atoms with van der Waals surface area (Å²) in [4.78, 5) is 4.81. The third kappa shape index (κ3) is 5.42. The average Bonchev–Trinajstić information content (AvgIpc) is 2.57. The molecular weight excluding hydrogens is 290 g/mol. The highest BCUT2D eigenvalue weighted by molar-refractivity contribution is 5.40. The number of hydrogen-bond acceptors (Lipinski definition) is 5. The van der Waals surface area contributed by atoms with Gasteiger partial charge in [-0.05, 0) is 19.9 Å². The van der Waals surface area contributed by atoms with Crippen molar-refractivity contribution in [3.8, 4) is 17.6 Å². The van der Waals surface area contributed by atoms with Crippen LogP contribution in [0, 0.1) is 11.3 Å². The van der Waals surface area contributed by atoms with E-state index in [1.165, 1.54) is 5.56 Å². The molecule has 0 amide bonds. The van der Waals surface area contributed by atoms with E-state index in [2.05, 4.69) is 21.9 Å². The van der Waals surface area contributed by atoms with Gasteiger partial charge in [0.2, 0.25) is 0 Å². The number of nitrogens with zero attached hydrogens (tertiary/aromatic N) is 3. The van der Waals surface area contributed by atoms with Gasteiger partial charge in [-0.25, -0.2) is 0 Å². The molecule has 0 N–H and O–H groups in total. The van der Waals surface area contributed by atoms with Gasteiger partial charge in [-0.3, -0.25) is 9.80 Å². The predicted molar refractivity (Wildman–Crippen MR) is 90.7 cm³/mol. The van der Waals surface area contributed by atoms with Crippen molar-refractivity contribution in [2.24, 2.45) is 0 Å². The molecule has 5 heteroatoms. The highest BCUT2D eigenvalue weighted by Crippen LogP contribution is 2.26. The Morgan fingerprint density at radius 3 is 2.39 bits per heavy atom. The molecule has 1 aromatic rings. The highest BCUT2D eigenvalue weighted by atomic mass is 16.5. The zero-order valence-electron chi connectivity index (χ0n) is 14.3. The van der Waals surface area contributed by atoms with Gasteiger partial charge in [0.05, 0.1) is 19.3 Å². The Labute approximate surface area is 139 Å². The number of hydrogen-bond donors (Lipinski definition) is 0. The van der Waals surface area contributed by atoms with E-state index in [9.17, 15) is 0 Å². The zero-order valence-corrected chi connectivity index (χ0v) is 14.3. The second-order valence-corrected chi connectivity index (χ2v) is 5.66. The van der Waals surface area contributed by atoms with Crippen LogP contribution in [0.5, 0.6) is 11.5 Å². The fraction of sp³-hybridized carbons (Fsp3) is 0.611. The van der Waals surface area contributed by atoms with Gasteiger partial charge in [0.1, 0.15) is 11.5 Å². The fourth-order valence-corrected chi connectivity index (χ4v) is 2.83. The summed E-state index contributed by atoms with van der Waals surface area (Å²) < 4.78 is 11.3. The maximum absolute atomic E-state index is 8.67. The van der Waals surface area contributed by atoms with Crippen molar-refractivity contribution < 1.29 is 9.47 Å². The molecule has 1 fully saturated rings. The summed E-state index contributed by atoms with van der Waals surface area (Å²) in [5.41, 5.74) is 1.21. The quantitative estimate of drug-likeness (QED) is 0.737. The van der Waals surface area contributed by atoms with Crippen molar-refractivity contribution in [1.82, 2.24) is 9.80 Å². The van der Waals surface area contributed by atoms with Crippen molar-refractivity contribution in [2.45, 2.75) is 26.8 Å². The first-order valence-electron chi connectivity index (χ1n) is 8.47. The Kier molecular flexibility index (Phi) is 7.18. The summed E-state index contributed by atoms with van der Waals surface area (Å²) in [6.07, 6.45) is 0.618. The van der Waals surface area contributed by atoms with Gasteiger partial charge in [-0.15, -0.1) is 0 Å². The molecule has 0 unspecified atom stereocenters. The van der Waals surface area contributed by atoms with Crippen molar-refractivity contribution in [3.05, 3.63) is 23.8 Å². The average molecular weight is 317 g/mol. The van der Waals surface area contributed by atoms with Gasteiger partial charge in [0.25, 0.3) is 0 Å². The molecule has 0 spiro atoms. The van der Waals surface area contributed by atoms with Crippen LogP contribution in [0.2, 0.25) is 0 Å². The van der Waals surface area contributed by atoms with Crippen molar-refractivity contribution >= 4 is 0 Å². The lowest BCUT2D eigenvalue weighted by Gasteiger charge is -2.34. The molecule has 2 rings (SSSR count). The molecule has 0 saturated carbocycles. The van der Waals surface area contributed by atoms with E-state index in [4.69, 9.17) is 14.7 Å². The van der Waals surface area contributed by atoms with E-state index < -0.39 is 0 Å². The van der Waals surface area contributed by atoms with Crippen LogP contribution in [-0.2, 0) is 6.54 Å². The van der Waals surface area contributed by atoms with Gasteiger partial charge in [0, 0.05) is 57.3 Å². The summed E-state index contributed by atoms with van der Waals surface area (Å²) in [6, 6.07) is 8.34. The van der Waals surface area contributed by atoms with Crippen LogP contribution in [0.4, 0.5) is 0 Å². The first-order chi connectivity index (χ1) is 11.3. The molecule has 1 heterocycles. The molecule has 0 aliphatic carbocycles. The van der Waals surface area contributed by atoms with Crippen molar-refractivity contribution in [1.29, 1.82) is 5.26 Å². The molecule has 1 aliphatic heterocycles. The molecule has 0 radical (unpaired) electrons. The summed E-state index contributed by atoms with van der Waals surface area (Å²) in [5.74, 6) is 1.78. The van der Waals surface area contributed by atoms with Gasteiger partial charge in [-0.1, -0.05) is 6.07 Å². The smallest absolute Gasteiger partial charge is 0.127 e. The largest absolute Gasteiger partial charge is 0.494 e. The molecule has 0 atom stereocenters. The maximum Gasteiger partial charge on any atom is 0.127 e.